The van der Waals surface area contributed by atoms with Gasteiger partial charge in [-0.1, -0.05) is 6.92 Å². The maximum Gasteiger partial charge on any atom is 0.573 e. The minimum Gasteiger partial charge on any atom is -0.403 e. The molecule has 0 radical (unpaired) electrons. The summed E-state index contributed by atoms with van der Waals surface area (Å²) in [7, 11) is 0. The third-order valence-corrected chi connectivity index (χ3v) is 3.85. The normalized spacial score (nSPS) is 12.4. The molecule has 0 saturated carbocycles. The summed E-state index contributed by atoms with van der Waals surface area (Å²) in [4.78, 5) is 15.1. The molecule has 1 atom stereocenters. The van der Waals surface area contributed by atoms with Crippen LogP contribution in [0.4, 0.5) is 23.2 Å². The van der Waals surface area contributed by atoms with Gasteiger partial charge in [-0.2, -0.15) is 0 Å². The summed E-state index contributed by atoms with van der Waals surface area (Å²) in [6.07, 6.45) is -5.00. The lowest BCUT2D eigenvalue weighted by Gasteiger charge is -2.15. The number of aliphatic hydroxyl groups excluding tert-OH is 1. The molecule has 2 aromatic rings. The van der Waals surface area contributed by atoms with Crippen LogP contribution < -0.4 is 15.4 Å². The summed E-state index contributed by atoms with van der Waals surface area (Å²) in [5, 5.41) is 15.3. The van der Waals surface area contributed by atoms with Gasteiger partial charge in [0.1, 0.15) is 0 Å². The molecular weight excluding hydrogens is 394 g/mol. The maximum absolute atomic E-state index is 14.0. The third-order valence-electron chi connectivity index (χ3n) is 3.85. The van der Waals surface area contributed by atoms with Crippen molar-refractivity contribution in [3.63, 3.8) is 0 Å². The lowest BCUT2D eigenvalue weighted by molar-refractivity contribution is -0.275. The first-order valence-corrected chi connectivity index (χ1v) is 8.73. The van der Waals surface area contributed by atoms with Crippen molar-refractivity contribution in [2.24, 2.45) is 5.92 Å². The van der Waals surface area contributed by atoms with E-state index in [0.717, 1.165) is 12.1 Å². The summed E-state index contributed by atoms with van der Waals surface area (Å²) < 4.78 is 54.5. The highest BCUT2D eigenvalue weighted by molar-refractivity contribution is 5.72. The van der Waals surface area contributed by atoms with Crippen molar-refractivity contribution < 1.29 is 32.2 Å². The van der Waals surface area contributed by atoms with E-state index >= 15 is 0 Å². The Hall–Kier alpha value is -2.88. The average Bonchev–Trinajstić information content (AvgIpc) is 2.65. The van der Waals surface area contributed by atoms with Crippen LogP contribution in [0.2, 0.25) is 0 Å². The van der Waals surface area contributed by atoms with Gasteiger partial charge in [0.25, 0.3) is 0 Å². The van der Waals surface area contributed by atoms with E-state index < -0.39 is 17.9 Å². The van der Waals surface area contributed by atoms with E-state index in [1.54, 1.807) is 12.1 Å². The highest BCUT2D eigenvalue weighted by Gasteiger charge is 2.32. The van der Waals surface area contributed by atoms with E-state index in [2.05, 4.69) is 20.4 Å². The van der Waals surface area contributed by atoms with Crippen LogP contribution in [-0.2, 0) is 11.4 Å². The Morgan fingerprint density at radius 2 is 1.97 bits per heavy atom. The minimum absolute atomic E-state index is 0.101. The van der Waals surface area contributed by atoms with Crippen LogP contribution in [0.25, 0.3) is 11.3 Å². The predicted molar refractivity (Wildman–Crippen MR) is 98.6 cm³/mol. The maximum atomic E-state index is 14.0. The average molecular weight is 415 g/mol. The molecular formula is C19H21F4N3O3. The SMILES string of the molecule is CC(=O)NCC(C)CNc1cc(CO)nc(-c2ccc(OC(F)(F)F)c(F)c2)c1. The smallest absolute Gasteiger partial charge is 0.403 e. The molecule has 0 aliphatic carbocycles. The van der Waals surface area contributed by atoms with E-state index in [1.165, 1.54) is 13.0 Å². The Kier molecular flexibility index (Phi) is 7.38. The topological polar surface area (TPSA) is 83.5 Å². The van der Waals surface area contributed by atoms with Crippen molar-refractivity contribution in [3.8, 4) is 17.0 Å². The fourth-order valence-electron chi connectivity index (χ4n) is 2.47. The van der Waals surface area contributed by atoms with Crippen LogP contribution in [0.1, 0.15) is 19.5 Å². The molecule has 1 aromatic carbocycles. The fourth-order valence-corrected chi connectivity index (χ4v) is 2.47. The molecule has 0 aliphatic rings. The second kappa shape index (κ2) is 9.55. The first kappa shape index (κ1) is 22.4. The van der Waals surface area contributed by atoms with E-state index in [4.69, 9.17) is 0 Å². The number of halogens is 4. The molecule has 1 amide bonds. The number of benzene rings is 1. The molecule has 158 valence electrons. The van der Waals surface area contributed by atoms with E-state index in [9.17, 15) is 27.5 Å². The number of nitrogens with one attached hydrogen (secondary N) is 2. The molecule has 29 heavy (non-hydrogen) atoms. The Balaban J connectivity index is 2.19. The molecule has 0 spiro atoms. The Morgan fingerprint density at radius 3 is 2.55 bits per heavy atom. The summed E-state index contributed by atoms with van der Waals surface area (Å²) >= 11 is 0. The first-order chi connectivity index (χ1) is 13.6. The third kappa shape index (κ3) is 7.22. The van der Waals surface area contributed by atoms with Gasteiger partial charge in [0.2, 0.25) is 5.91 Å². The van der Waals surface area contributed by atoms with Gasteiger partial charge in [0.05, 0.1) is 18.0 Å². The van der Waals surface area contributed by atoms with Gasteiger partial charge >= 0.3 is 6.36 Å². The van der Waals surface area contributed by atoms with Gasteiger partial charge < -0.3 is 20.5 Å². The zero-order chi connectivity index (χ0) is 21.6. The van der Waals surface area contributed by atoms with Gasteiger partial charge in [-0.15, -0.1) is 13.2 Å². The molecule has 0 fully saturated rings. The molecule has 0 bridgehead atoms. The lowest BCUT2D eigenvalue weighted by atomic mass is 10.1. The number of aliphatic hydroxyl groups is 1. The van der Waals surface area contributed by atoms with Crippen LogP contribution in [-0.4, -0.2) is 35.4 Å². The fraction of sp³-hybridized carbons (Fsp3) is 0.368. The molecule has 1 unspecified atom stereocenters. The molecule has 3 N–H and O–H groups in total. The number of carbonyl (C=O) groups is 1. The van der Waals surface area contributed by atoms with Crippen LogP contribution in [0.3, 0.4) is 0 Å². The largest absolute Gasteiger partial charge is 0.573 e. The molecule has 1 aromatic heterocycles. The number of ether oxygens (including phenoxy) is 1. The zero-order valence-electron chi connectivity index (χ0n) is 15.8. The number of rotatable bonds is 8. The van der Waals surface area contributed by atoms with Gasteiger partial charge in [-0.3, -0.25) is 9.78 Å². The number of nitrogens with zero attached hydrogens (tertiary/aromatic N) is 1. The molecule has 10 heteroatoms. The Morgan fingerprint density at radius 1 is 1.24 bits per heavy atom. The summed E-state index contributed by atoms with van der Waals surface area (Å²) in [6.45, 7) is 3.95. The van der Waals surface area contributed by atoms with Crippen LogP contribution in [0, 0.1) is 11.7 Å². The van der Waals surface area contributed by atoms with Crippen molar-refractivity contribution in [2.75, 3.05) is 18.4 Å². The summed E-state index contributed by atoms with van der Waals surface area (Å²) in [6, 6.07) is 6.19. The summed E-state index contributed by atoms with van der Waals surface area (Å²) in [5.41, 5.74) is 1.38. The van der Waals surface area contributed by atoms with Crippen molar-refractivity contribution >= 4 is 11.6 Å². The number of pyridine rings is 1. The number of hydrogen-bond donors (Lipinski definition) is 3. The number of hydrogen-bond acceptors (Lipinski definition) is 5. The Bertz CT molecular complexity index is 859. The second-order valence-electron chi connectivity index (χ2n) is 6.51. The van der Waals surface area contributed by atoms with Crippen molar-refractivity contribution in [2.45, 2.75) is 26.8 Å². The minimum atomic E-state index is -5.00. The zero-order valence-corrected chi connectivity index (χ0v) is 15.8. The van der Waals surface area contributed by atoms with Gasteiger partial charge in [-0.05, 0) is 36.2 Å². The van der Waals surface area contributed by atoms with Gasteiger partial charge in [0, 0.05) is 31.3 Å². The highest BCUT2D eigenvalue weighted by atomic mass is 19.4. The van der Waals surface area contributed by atoms with E-state index in [-0.39, 0.29) is 29.7 Å². The van der Waals surface area contributed by atoms with Gasteiger partial charge in [0.15, 0.2) is 11.6 Å². The number of amides is 1. The number of alkyl halides is 3. The van der Waals surface area contributed by atoms with Gasteiger partial charge in [-0.25, -0.2) is 4.39 Å². The van der Waals surface area contributed by atoms with E-state index in [1.807, 2.05) is 6.92 Å². The number of carbonyl (C=O) groups excluding carboxylic acids is 1. The van der Waals surface area contributed by atoms with Crippen LogP contribution in [0.15, 0.2) is 30.3 Å². The monoisotopic (exact) mass is 415 g/mol. The van der Waals surface area contributed by atoms with Crippen LogP contribution in [0.5, 0.6) is 5.75 Å². The summed E-state index contributed by atoms with van der Waals surface area (Å²) in [5.74, 6) is -2.16. The highest BCUT2D eigenvalue weighted by Crippen LogP contribution is 2.30. The molecule has 1 heterocycles. The van der Waals surface area contributed by atoms with Crippen LogP contribution >= 0.6 is 0 Å². The standard InChI is InChI=1S/C19H21F4N3O3/c1-11(8-24-12(2)28)9-25-14-6-15(10-27)26-17(7-14)13-3-4-18(16(20)5-13)29-19(21,22)23/h3-7,11,27H,8-10H2,1-2H3,(H,24,28)(H,25,26). The number of anilines is 1. The predicted octanol–water partition coefficient (Wildman–Crippen LogP) is 3.46. The molecule has 0 aliphatic heterocycles. The first-order valence-electron chi connectivity index (χ1n) is 8.73. The van der Waals surface area contributed by atoms with Crippen molar-refractivity contribution in [3.05, 3.63) is 41.8 Å². The number of aromatic nitrogens is 1. The second-order valence-corrected chi connectivity index (χ2v) is 6.51. The molecule has 0 saturated heterocycles. The lowest BCUT2D eigenvalue weighted by Crippen LogP contribution is -2.29. The van der Waals surface area contributed by atoms with Crippen molar-refractivity contribution in [1.82, 2.24) is 10.3 Å². The Labute approximate surface area is 164 Å². The van der Waals surface area contributed by atoms with Crippen molar-refractivity contribution in [1.29, 1.82) is 0 Å². The van der Waals surface area contributed by atoms with E-state index in [0.29, 0.717) is 24.5 Å². The quantitative estimate of drug-likeness (QED) is 0.575. The molecule has 2 rings (SSSR count). The molecule has 6 nitrogen and oxygen atoms in total.